The molecule has 0 saturated carbocycles. The molecule has 0 atom stereocenters. The molecule has 0 radical (unpaired) electrons. The lowest BCUT2D eigenvalue weighted by Crippen LogP contribution is -2.28. The fourth-order valence-electron chi connectivity index (χ4n) is 1.48. The maximum atomic E-state index is 12.4. The fourth-order valence-corrected chi connectivity index (χ4v) is 1.48. The summed E-state index contributed by atoms with van der Waals surface area (Å²) < 4.78 is 37.2. The van der Waals surface area contributed by atoms with E-state index >= 15 is 0 Å². The summed E-state index contributed by atoms with van der Waals surface area (Å²) in [4.78, 5) is 19.2. The van der Waals surface area contributed by atoms with E-state index in [1.807, 2.05) is 0 Å². The van der Waals surface area contributed by atoms with Crippen molar-refractivity contribution in [3.63, 3.8) is 0 Å². The Bertz CT molecular complexity index is 654. The van der Waals surface area contributed by atoms with Crippen LogP contribution in [0.2, 0.25) is 0 Å². The smallest absolute Gasteiger partial charge is 0.268 e. The molecule has 1 aromatic carbocycles. The number of hydrogen-bond donors (Lipinski definition) is 2. The lowest BCUT2D eigenvalue weighted by molar-refractivity contribution is -0.137. The number of amides is 1. The van der Waals surface area contributed by atoms with Crippen molar-refractivity contribution < 1.29 is 18.0 Å². The number of aromatic nitrogens is 2. The highest BCUT2D eigenvalue weighted by atomic mass is 19.4. The number of carbonyl (C=O) groups is 1. The summed E-state index contributed by atoms with van der Waals surface area (Å²) in [6, 6.07) is 6.08. The van der Waals surface area contributed by atoms with E-state index in [9.17, 15) is 18.0 Å². The highest BCUT2D eigenvalue weighted by Crippen LogP contribution is 2.29. The van der Waals surface area contributed by atoms with E-state index in [1.165, 1.54) is 36.7 Å². The minimum atomic E-state index is -4.38. The molecule has 0 fully saturated rings. The van der Waals surface area contributed by atoms with E-state index in [2.05, 4.69) is 20.8 Å². The molecular formula is C14H11F3N4O. The van der Waals surface area contributed by atoms with Crippen molar-refractivity contribution in [1.82, 2.24) is 15.4 Å². The number of halogens is 3. The molecule has 22 heavy (non-hydrogen) atoms. The van der Waals surface area contributed by atoms with Crippen molar-refractivity contribution >= 4 is 17.9 Å². The number of nitrogens with one attached hydrogen (secondary N) is 2. The Hall–Kier alpha value is -2.90. The molecule has 0 aliphatic heterocycles. The first-order chi connectivity index (χ1) is 10.4. The minimum absolute atomic E-state index is 0.221. The van der Waals surface area contributed by atoms with Crippen molar-refractivity contribution in [3.05, 3.63) is 59.9 Å². The molecule has 1 heterocycles. The number of hydrazine groups is 1. The molecule has 0 aliphatic rings. The minimum Gasteiger partial charge on any atom is -0.268 e. The zero-order valence-corrected chi connectivity index (χ0v) is 11.1. The van der Waals surface area contributed by atoms with Crippen LogP contribution in [0.1, 0.15) is 11.1 Å². The van der Waals surface area contributed by atoms with Gasteiger partial charge in [-0.3, -0.25) is 15.6 Å². The van der Waals surface area contributed by atoms with Crippen LogP contribution in [0.3, 0.4) is 0 Å². The normalized spacial score (nSPS) is 11.4. The van der Waals surface area contributed by atoms with Gasteiger partial charge >= 0.3 is 6.18 Å². The molecule has 2 rings (SSSR count). The van der Waals surface area contributed by atoms with Crippen LogP contribution in [0.4, 0.5) is 19.1 Å². The Morgan fingerprint density at radius 1 is 1.09 bits per heavy atom. The van der Waals surface area contributed by atoms with Crippen LogP contribution < -0.4 is 10.9 Å². The third-order valence-electron chi connectivity index (χ3n) is 2.53. The Balaban J connectivity index is 1.90. The van der Waals surface area contributed by atoms with Gasteiger partial charge in [0.1, 0.15) is 0 Å². The molecule has 1 aromatic heterocycles. The molecule has 0 saturated heterocycles. The Morgan fingerprint density at radius 2 is 1.73 bits per heavy atom. The van der Waals surface area contributed by atoms with Crippen LogP contribution in [0, 0.1) is 0 Å². The third kappa shape index (κ3) is 4.58. The number of hydrogen-bond acceptors (Lipinski definition) is 4. The molecular weight excluding hydrogens is 297 g/mol. The predicted octanol–water partition coefficient (Wildman–Crippen LogP) is 2.65. The average Bonchev–Trinajstić information content (AvgIpc) is 2.51. The van der Waals surface area contributed by atoms with Crippen LogP contribution in [0.25, 0.3) is 6.08 Å². The number of carbonyl (C=O) groups excluding carboxylic acids is 1. The summed E-state index contributed by atoms with van der Waals surface area (Å²) in [6.07, 6.45) is 1.19. The van der Waals surface area contributed by atoms with Gasteiger partial charge in [-0.2, -0.15) is 13.2 Å². The SMILES string of the molecule is O=C(/C=C/c1ccc(C(F)(F)F)cc1)NNc1ncccn1. The largest absolute Gasteiger partial charge is 0.416 e. The Labute approximate surface area is 123 Å². The molecule has 2 aromatic rings. The summed E-state index contributed by atoms with van der Waals surface area (Å²) in [5.41, 5.74) is 4.54. The van der Waals surface area contributed by atoms with E-state index in [0.29, 0.717) is 5.56 Å². The Morgan fingerprint density at radius 3 is 2.32 bits per heavy atom. The number of nitrogens with zero attached hydrogens (tertiary/aromatic N) is 2. The van der Waals surface area contributed by atoms with Crippen LogP contribution in [0.5, 0.6) is 0 Å². The predicted molar refractivity (Wildman–Crippen MR) is 74.3 cm³/mol. The molecule has 0 unspecified atom stereocenters. The maximum absolute atomic E-state index is 12.4. The monoisotopic (exact) mass is 308 g/mol. The lowest BCUT2D eigenvalue weighted by Gasteiger charge is -2.06. The van der Waals surface area contributed by atoms with Gasteiger partial charge in [0, 0.05) is 18.5 Å². The van der Waals surface area contributed by atoms with Crippen LogP contribution >= 0.6 is 0 Å². The van der Waals surface area contributed by atoms with Gasteiger partial charge < -0.3 is 0 Å². The topological polar surface area (TPSA) is 66.9 Å². The fraction of sp³-hybridized carbons (Fsp3) is 0.0714. The highest BCUT2D eigenvalue weighted by Gasteiger charge is 2.29. The van der Waals surface area contributed by atoms with Gasteiger partial charge in [-0.15, -0.1) is 0 Å². The molecule has 8 heteroatoms. The molecule has 5 nitrogen and oxygen atoms in total. The summed E-state index contributed by atoms with van der Waals surface area (Å²) >= 11 is 0. The summed E-state index contributed by atoms with van der Waals surface area (Å²) in [5, 5.41) is 0. The first kappa shape index (κ1) is 15.5. The highest BCUT2D eigenvalue weighted by molar-refractivity contribution is 5.92. The molecule has 1 amide bonds. The average molecular weight is 308 g/mol. The van der Waals surface area contributed by atoms with Crippen molar-refractivity contribution in [3.8, 4) is 0 Å². The van der Waals surface area contributed by atoms with Gasteiger partial charge in [0.15, 0.2) is 0 Å². The Kier molecular flexibility index (Phi) is 4.72. The van der Waals surface area contributed by atoms with Crippen LogP contribution in [-0.2, 0) is 11.0 Å². The molecule has 0 bridgehead atoms. The third-order valence-corrected chi connectivity index (χ3v) is 2.53. The van der Waals surface area contributed by atoms with Crippen LogP contribution in [0.15, 0.2) is 48.8 Å². The molecule has 0 spiro atoms. The maximum Gasteiger partial charge on any atom is 0.416 e. The van der Waals surface area contributed by atoms with Gasteiger partial charge in [-0.25, -0.2) is 9.97 Å². The summed E-state index contributed by atoms with van der Waals surface area (Å²) in [6.45, 7) is 0. The number of rotatable bonds is 4. The zero-order valence-electron chi connectivity index (χ0n) is 11.1. The summed E-state index contributed by atoms with van der Waals surface area (Å²) in [7, 11) is 0. The van der Waals surface area contributed by atoms with Gasteiger partial charge in [-0.1, -0.05) is 12.1 Å². The first-order valence-corrected chi connectivity index (χ1v) is 6.13. The van der Waals surface area contributed by atoms with Crippen LogP contribution in [-0.4, -0.2) is 15.9 Å². The quantitative estimate of drug-likeness (QED) is 0.673. The zero-order chi connectivity index (χ0) is 16.0. The van der Waals surface area contributed by atoms with E-state index in [0.717, 1.165) is 12.1 Å². The standard InChI is InChI=1S/C14H11F3N4O/c15-14(16,17)11-5-2-10(3-6-11)4-7-12(22)20-21-13-18-8-1-9-19-13/h1-9H,(H,20,22)(H,18,19,21)/b7-4+. The van der Waals surface area contributed by atoms with Crippen molar-refractivity contribution in [1.29, 1.82) is 0 Å². The van der Waals surface area contributed by atoms with Gasteiger partial charge in [0.2, 0.25) is 5.95 Å². The molecule has 2 N–H and O–H groups in total. The molecule has 0 aliphatic carbocycles. The lowest BCUT2D eigenvalue weighted by atomic mass is 10.1. The van der Waals surface area contributed by atoms with Crippen molar-refractivity contribution in [2.45, 2.75) is 6.18 Å². The van der Waals surface area contributed by atoms with E-state index in [4.69, 9.17) is 0 Å². The number of alkyl halides is 3. The van der Waals surface area contributed by atoms with E-state index in [-0.39, 0.29) is 5.95 Å². The van der Waals surface area contributed by atoms with Gasteiger partial charge in [0.05, 0.1) is 5.56 Å². The van der Waals surface area contributed by atoms with E-state index in [1.54, 1.807) is 6.07 Å². The second-order valence-corrected chi connectivity index (χ2v) is 4.14. The second-order valence-electron chi connectivity index (χ2n) is 4.14. The van der Waals surface area contributed by atoms with E-state index < -0.39 is 17.6 Å². The van der Waals surface area contributed by atoms with Crippen molar-refractivity contribution in [2.75, 3.05) is 5.43 Å². The number of anilines is 1. The number of benzene rings is 1. The van der Waals surface area contributed by atoms with Gasteiger partial charge in [-0.05, 0) is 29.8 Å². The molecule has 114 valence electrons. The van der Waals surface area contributed by atoms with Gasteiger partial charge in [0.25, 0.3) is 5.91 Å². The second kappa shape index (κ2) is 6.70. The summed E-state index contributed by atoms with van der Waals surface area (Å²) in [5.74, 6) is -0.272. The van der Waals surface area contributed by atoms with Crippen molar-refractivity contribution in [2.24, 2.45) is 0 Å². The first-order valence-electron chi connectivity index (χ1n) is 6.13.